The lowest BCUT2D eigenvalue weighted by atomic mass is 9.91. The van der Waals surface area contributed by atoms with Crippen molar-refractivity contribution >= 4 is 10.0 Å². The maximum atomic E-state index is 13.2. The molecule has 1 saturated heterocycles. The highest BCUT2D eigenvalue weighted by atomic mass is 32.2. The molecule has 6 nitrogen and oxygen atoms in total. The Bertz CT molecular complexity index is 658. The number of hydrogen-bond donors (Lipinski definition) is 0. The number of rotatable bonds is 4. The number of morpholine rings is 1. The van der Waals surface area contributed by atoms with Gasteiger partial charge in [-0.1, -0.05) is 12.8 Å². The van der Waals surface area contributed by atoms with Gasteiger partial charge in [0.25, 0.3) is 0 Å². The van der Waals surface area contributed by atoms with Crippen molar-refractivity contribution in [2.45, 2.75) is 42.7 Å². The summed E-state index contributed by atoms with van der Waals surface area (Å²) in [6.45, 7) is 0.831. The normalized spacial score (nSPS) is 25.7. The molecule has 0 bridgehead atoms. The van der Waals surface area contributed by atoms with Gasteiger partial charge in [-0.2, -0.15) is 4.31 Å². The van der Waals surface area contributed by atoms with Crippen LogP contribution in [0.4, 0.5) is 0 Å². The Balaban J connectivity index is 1.97. The second-order valence-corrected chi connectivity index (χ2v) is 7.75. The largest absolute Gasteiger partial charge is 0.497 e. The van der Waals surface area contributed by atoms with Crippen molar-refractivity contribution in [1.29, 1.82) is 0 Å². The van der Waals surface area contributed by atoms with Crippen LogP contribution in [0.15, 0.2) is 23.1 Å². The molecule has 1 saturated carbocycles. The van der Waals surface area contributed by atoms with Crippen LogP contribution in [0, 0.1) is 0 Å². The summed E-state index contributed by atoms with van der Waals surface area (Å²) in [6, 6.07) is 4.73. The molecule has 0 N–H and O–H groups in total. The van der Waals surface area contributed by atoms with Gasteiger partial charge in [0.15, 0.2) is 0 Å². The topological polar surface area (TPSA) is 65.1 Å². The van der Waals surface area contributed by atoms with Crippen molar-refractivity contribution in [2.24, 2.45) is 0 Å². The summed E-state index contributed by atoms with van der Waals surface area (Å²) in [6.07, 6.45) is 3.92. The minimum atomic E-state index is -3.63. The first kappa shape index (κ1) is 16.5. The molecule has 0 aromatic heterocycles. The monoisotopic (exact) mass is 341 g/mol. The van der Waals surface area contributed by atoms with E-state index >= 15 is 0 Å². The van der Waals surface area contributed by atoms with E-state index in [0.29, 0.717) is 24.7 Å². The Morgan fingerprint density at radius 1 is 1.17 bits per heavy atom. The van der Waals surface area contributed by atoms with Crippen LogP contribution in [0.3, 0.4) is 0 Å². The van der Waals surface area contributed by atoms with E-state index in [2.05, 4.69) is 0 Å². The molecule has 7 heteroatoms. The lowest BCUT2D eigenvalue weighted by Gasteiger charge is -2.42. The van der Waals surface area contributed by atoms with E-state index in [1.807, 2.05) is 0 Å². The van der Waals surface area contributed by atoms with Gasteiger partial charge < -0.3 is 14.2 Å². The Morgan fingerprint density at radius 2 is 1.96 bits per heavy atom. The zero-order chi connectivity index (χ0) is 16.4. The van der Waals surface area contributed by atoms with Crippen LogP contribution in [-0.4, -0.2) is 52.2 Å². The number of methoxy groups -OCH3 is 2. The second-order valence-electron chi connectivity index (χ2n) is 5.89. The van der Waals surface area contributed by atoms with Crippen LogP contribution >= 0.6 is 0 Å². The van der Waals surface area contributed by atoms with Gasteiger partial charge in [-0.05, 0) is 25.0 Å². The lowest BCUT2D eigenvalue weighted by Crippen LogP contribution is -2.54. The third-order valence-electron chi connectivity index (χ3n) is 4.64. The van der Waals surface area contributed by atoms with Gasteiger partial charge in [-0.3, -0.25) is 0 Å². The predicted octanol–water partition coefficient (Wildman–Crippen LogP) is 2.04. The van der Waals surface area contributed by atoms with Gasteiger partial charge in [0.05, 0.1) is 33.0 Å². The van der Waals surface area contributed by atoms with E-state index in [9.17, 15) is 8.42 Å². The Kier molecular flexibility index (Phi) is 4.79. The molecule has 1 aromatic carbocycles. The summed E-state index contributed by atoms with van der Waals surface area (Å²) in [4.78, 5) is 0.187. The molecular formula is C16H23NO5S. The third-order valence-corrected chi connectivity index (χ3v) is 6.60. The van der Waals surface area contributed by atoms with Crippen molar-refractivity contribution < 1.29 is 22.6 Å². The SMILES string of the molecule is COc1ccc(S(=O)(=O)N2CCO[C@@H]3CCCC[C@@H]32)c(OC)c1. The molecule has 1 aliphatic heterocycles. The summed E-state index contributed by atoms with van der Waals surface area (Å²) >= 11 is 0. The van der Waals surface area contributed by atoms with Crippen molar-refractivity contribution in [3.8, 4) is 11.5 Å². The van der Waals surface area contributed by atoms with Crippen molar-refractivity contribution in [1.82, 2.24) is 4.31 Å². The van der Waals surface area contributed by atoms with Crippen molar-refractivity contribution in [3.63, 3.8) is 0 Å². The smallest absolute Gasteiger partial charge is 0.247 e. The van der Waals surface area contributed by atoms with Gasteiger partial charge in [0.1, 0.15) is 16.4 Å². The summed E-state index contributed by atoms with van der Waals surface area (Å²) in [5.41, 5.74) is 0. The van der Waals surface area contributed by atoms with E-state index in [1.165, 1.54) is 14.2 Å². The van der Waals surface area contributed by atoms with Crippen LogP contribution in [0.25, 0.3) is 0 Å². The van der Waals surface area contributed by atoms with Gasteiger partial charge in [0, 0.05) is 12.6 Å². The molecule has 2 atom stereocenters. The molecule has 2 aliphatic rings. The minimum absolute atomic E-state index is 0.0107. The number of benzene rings is 1. The summed E-state index contributed by atoms with van der Waals surface area (Å²) in [5.74, 6) is 0.876. The first-order chi connectivity index (χ1) is 11.1. The first-order valence-electron chi connectivity index (χ1n) is 7.93. The molecule has 1 aliphatic carbocycles. The molecule has 0 radical (unpaired) electrons. The van der Waals surface area contributed by atoms with Crippen LogP contribution < -0.4 is 9.47 Å². The van der Waals surface area contributed by atoms with Gasteiger partial charge >= 0.3 is 0 Å². The summed E-state index contributed by atoms with van der Waals surface area (Å²) in [7, 11) is -0.619. The maximum absolute atomic E-state index is 13.2. The average molecular weight is 341 g/mol. The average Bonchev–Trinajstić information content (AvgIpc) is 2.60. The fourth-order valence-electron chi connectivity index (χ4n) is 3.47. The van der Waals surface area contributed by atoms with Gasteiger partial charge in [-0.15, -0.1) is 0 Å². The Morgan fingerprint density at radius 3 is 2.70 bits per heavy atom. The van der Waals surface area contributed by atoms with Crippen molar-refractivity contribution in [3.05, 3.63) is 18.2 Å². The highest BCUT2D eigenvalue weighted by molar-refractivity contribution is 7.89. The molecule has 1 aromatic rings. The van der Waals surface area contributed by atoms with Crippen LogP contribution in [-0.2, 0) is 14.8 Å². The predicted molar refractivity (Wildman–Crippen MR) is 85.4 cm³/mol. The highest BCUT2D eigenvalue weighted by Gasteiger charge is 2.41. The zero-order valence-corrected chi connectivity index (χ0v) is 14.3. The van der Waals surface area contributed by atoms with E-state index < -0.39 is 10.0 Å². The number of fused-ring (bicyclic) bond motifs is 1. The van der Waals surface area contributed by atoms with Crippen molar-refractivity contribution in [2.75, 3.05) is 27.4 Å². The fourth-order valence-corrected chi connectivity index (χ4v) is 5.28. The second kappa shape index (κ2) is 6.67. The van der Waals surface area contributed by atoms with Crippen LogP contribution in [0.1, 0.15) is 25.7 Å². The van der Waals surface area contributed by atoms with Crippen LogP contribution in [0.2, 0.25) is 0 Å². The quantitative estimate of drug-likeness (QED) is 0.838. The first-order valence-corrected chi connectivity index (χ1v) is 9.37. The summed E-state index contributed by atoms with van der Waals surface area (Å²) in [5, 5.41) is 0. The molecule has 1 heterocycles. The molecule has 23 heavy (non-hydrogen) atoms. The molecular weight excluding hydrogens is 318 g/mol. The van der Waals surface area contributed by atoms with Gasteiger partial charge in [0.2, 0.25) is 10.0 Å². The number of ether oxygens (including phenoxy) is 3. The molecule has 0 unspecified atom stereocenters. The highest BCUT2D eigenvalue weighted by Crippen LogP contribution is 2.36. The Hall–Kier alpha value is -1.31. The summed E-state index contributed by atoms with van der Waals surface area (Å²) < 4.78 is 44.2. The van der Waals surface area contributed by atoms with E-state index in [1.54, 1.807) is 22.5 Å². The van der Waals surface area contributed by atoms with E-state index in [-0.39, 0.29) is 17.0 Å². The molecule has 2 fully saturated rings. The van der Waals surface area contributed by atoms with Crippen LogP contribution in [0.5, 0.6) is 11.5 Å². The number of nitrogens with zero attached hydrogens (tertiary/aromatic N) is 1. The minimum Gasteiger partial charge on any atom is -0.497 e. The fraction of sp³-hybridized carbons (Fsp3) is 0.625. The lowest BCUT2D eigenvalue weighted by molar-refractivity contribution is -0.0586. The number of hydrogen-bond acceptors (Lipinski definition) is 5. The standard InChI is InChI=1S/C16H23NO5S/c1-20-12-7-8-16(15(11-12)21-2)23(18,19)17-9-10-22-14-6-4-3-5-13(14)17/h7-8,11,13-14H,3-6,9-10H2,1-2H3/t13-,14+/m0/s1. The molecule has 128 valence electrons. The molecule has 0 spiro atoms. The Labute approximate surface area is 137 Å². The maximum Gasteiger partial charge on any atom is 0.247 e. The number of sulfonamides is 1. The zero-order valence-electron chi connectivity index (χ0n) is 13.5. The molecule has 0 amide bonds. The third kappa shape index (κ3) is 3.05. The molecule has 3 rings (SSSR count). The van der Waals surface area contributed by atoms with Gasteiger partial charge in [-0.25, -0.2) is 8.42 Å². The van der Waals surface area contributed by atoms with E-state index in [4.69, 9.17) is 14.2 Å². The van der Waals surface area contributed by atoms with E-state index in [0.717, 1.165) is 25.7 Å².